The summed E-state index contributed by atoms with van der Waals surface area (Å²) >= 11 is 0. The first kappa shape index (κ1) is 40.5. The van der Waals surface area contributed by atoms with Gasteiger partial charge < -0.3 is 9.13 Å². The zero-order chi connectivity index (χ0) is 46.1. The summed E-state index contributed by atoms with van der Waals surface area (Å²) in [5, 5.41) is 5.06. The Kier molecular flexibility index (Phi) is 9.55. The highest BCUT2D eigenvalue weighted by Gasteiger charge is 2.36. The van der Waals surface area contributed by atoms with E-state index < -0.39 is 0 Å². The summed E-state index contributed by atoms with van der Waals surface area (Å²) in [6.07, 6.45) is 8.90. The Morgan fingerprint density at radius 1 is 0.290 bits per heavy atom. The predicted octanol–water partition coefficient (Wildman–Crippen LogP) is 17.9. The van der Waals surface area contributed by atoms with E-state index in [2.05, 4.69) is 278 Å². The average molecular weight is 881 g/mol. The van der Waals surface area contributed by atoms with Gasteiger partial charge in [-0.25, -0.2) is 0 Å². The highest BCUT2D eigenvalue weighted by atomic mass is 15.0. The van der Waals surface area contributed by atoms with Gasteiger partial charge in [0.15, 0.2) is 0 Å². The highest BCUT2D eigenvalue weighted by molar-refractivity contribution is 6.11. The SMILES string of the molecule is CC1(C)c2cc(-c3ccc(/C=C/c4ccc5c(c4)c4ccccc4n5-c4ccccc4)cc3)ccc2-c2ccc(-c3ccc(/C=C/c4ccc5c(c4)c4ccccc4n5-c4ccccc4)cc3)cc21. The van der Waals surface area contributed by atoms with Crippen molar-refractivity contribution in [3.63, 3.8) is 0 Å². The molecule has 10 aromatic carbocycles. The Morgan fingerprint density at radius 3 is 1.07 bits per heavy atom. The van der Waals surface area contributed by atoms with Crippen LogP contribution < -0.4 is 0 Å². The van der Waals surface area contributed by atoms with Crippen LogP contribution in [0.1, 0.15) is 47.2 Å². The first-order chi connectivity index (χ1) is 33.9. The van der Waals surface area contributed by atoms with Crippen molar-refractivity contribution in [3.05, 3.63) is 264 Å². The molecule has 1 aliphatic rings. The molecule has 0 bridgehead atoms. The maximum Gasteiger partial charge on any atom is 0.0541 e. The van der Waals surface area contributed by atoms with E-state index in [9.17, 15) is 0 Å². The van der Waals surface area contributed by atoms with Crippen molar-refractivity contribution in [1.82, 2.24) is 9.13 Å². The molecule has 13 rings (SSSR count). The number of hydrogen-bond donors (Lipinski definition) is 0. The monoisotopic (exact) mass is 880 g/mol. The van der Waals surface area contributed by atoms with Crippen LogP contribution in [0.15, 0.2) is 231 Å². The van der Waals surface area contributed by atoms with E-state index in [0.717, 1.165) is 0 Å². The smallest absolute Gasteiger partial charge is 0.0541 e. The third-order valence-corrected chi connectivity index (χ3v) is 14.5. The maximum absolute atomic E-state index is 2.42. The molecule has 0 saturated heterocycles. The van der Waals surface area contributed by atoms with E-state index in [1.807, 2.05) is 0 Å². The molecule has 0 unspecified atom stereocenters. The molecule has 2 aromatic heterocycles. The van der Waals surface area contributed by atoms with Crippen LogP contribution in [-0.4, -0.2) is 9.13 Å². The lowest BCUT2D eigenvalue weighted by Crippen LogP contribution is -2.15. The normalized spacial score (nSPS) is 13.1. The molecule has 0 radical (unpaired) electrons. The highest BCUT2D eigenvalue weighted by Crippen LogP contribution is 2.51. The fourth-order valence-electron chi connectivity index (χ4n) is 11.0. The van der Waals surface area contributed by atoms with E-state index in [-0.39, 0.29) is 5.41 Å². The van der Waals surface area contributed by atoms with Crippen LogP contribution in [0.3, 0.4) is 0 Å². The number of hydrogen-bond acceptors (Lipinski definition) is 0. The van der Waals surface area contributed by atoms with Gasteiger partial charge in [0.05, 0.1) is 22.1 Å². The van der Waals surface area contributed by atoms with E-state index in [0.29, 0.717) is 0 Å². The molecule has 0 atom stereocenters. The van der Waals surface area contributed by atoms with Crippen molar-refractivity contribution in [2.24, 2.45) is 0 Å². The van der Waals surface area contributed by atoms with Crippen molar-refractivity contribution in [1.29, 1.82) is 0 Å². The van der Waals surface area contributed by atoms with Crippen LogP contribution in [0.5, 0.6) is 0 Å². The maximum atomic E-state index is 2.42. The van der Waals surface area contributed by atoms with Gasteiger partial charge in [-0.3, -0.25) is 0 Å². The largest absolute Gasteiger partial charge is 0.309 e. The molecule has 0 amide bonds. The number of benzene rings is 10. The second-order valence-electron chi connectivity index (χ2n) is 19.0. The van der Waals surface area contributed by atoms with Gasteiger partial charge in [0.25, 0.3) is 0 Å². The topological polar surface area (TPSA) is 9.86 Å². The van der Waals surface area contributed by atoms with E-state index in [1.54, 1.807) is 0 Å². The molecule has 0 N–H and O–H groups in total. The number of para-hydroxylation sites is 4. The molecule has 2 heteroatoms. The lowest BCUT2D eigenvalue weighted by atomic mass is 9.81. The van der Waals surface area contributed by atoms with Crippen molar-refractivity contribution in [2.45, 2.75) is 19.3 Å². The van der Waals surface area contributed by atoms with Crippen LogP contribution in [0.25, 0.3) is 113 Å². The molecule has 0 spiro atoms. The molecule has 0 aliphatic heterocycles. The Hall–Kier alpha value is -8.72. The van der Waals surface area contributed by atoms with Crippen LogP contribution in [0, 0.1) is 0 Å². The summed E-state index contributed by atoms with van der Waals surface area (Å²) in [5.41, 5.74) is 22.2. The zero-order valence-corrected chi connectivity index (χ0v) is 38.6. The fourth-order valence-corrected chi connectivity index (χ4v) is 11.0. The lowest BCUT2D eigenvalue weighted by molar-refractivity contribution is 0.661. The number of aromatic nitrogens is 2. The number of fused-ring (bicyclic) bond motifs is 9. The molecule has 2 heterocycles. The predicted molar refractivity (Wildman–Crippen MR) is 294 cm³/mol. The summed E-state index contributed by atoms with van der Waals surface area (Å²) in [5.74, 6) is 0. The molecular formula is C67H48N2. The minimum absolute atomic E-state index is 0.134. The number of rotatable bonds is 8. The van der Waals surface area contributed by atoms with Gasteiger partial charge in [-0.1, -0.05) is 196 Å². The van der Waals surface area contributed by atoms with Gasteiger partial charge in [-0.05, 0) is 140 Å². The Balaban J connectivity index is 0.719. The van der Waals surface area contributed by atoms with Crippen molar-refractivity contribution < 1.29 is 0 Å². The van der Waals surface area contributed by atoms with Crippen molar-refractivity contribution >= 4 is 67.9 Å². The minimum Gasteiger partial charge on any atom is -0.309 e. The summed E-state index contributed by atoms with van der Waals surface area (Å²) < 4.78 is 4.72. The molecule has 326 valence electrons. The fraction of sp³-hybridized carbons (Fsp3) is 0.0448. The van der Waals surface area contributed by atoms with E-state index in [4.69, 9.17) is 0 Å². The Bertz CT molecular complexity index is 3730. The zero-order valence-electron chi connectivity index (χ0n) is 38.6. The molecule has 69 heavy (non-hydrogen) atoms. The Labute approximate surface area is 403 Å². The van der Waals surface area contributed by atoms with Gasteiger partial charge in [-0.2, -0.15) is 0 Å². The van der Waals surface area contributed by atoms with Gasteiger partial charge in [0, 0.05) is 38.3 Å². The van der Waals surface area contributed by atoms with Gasteiger partial charge in [-0.15, -0.1) is 0 Å². The standard InChI is InChI=1S/C67H48N2/c1-67(2)61-43-51(49-31-25-45(26-32-49)21-23-47-29-39-65-59(41-47)57-17-9-11-19-63(57)68(65)53-13-5-3-6-14-53)35-37-55(61)56-38-36-52(44-62(56)67)50-33-27-46(28-34-50)22-24-48-30-40-66-60(42-48)58-18-10-12-20-64(58)69(66)54-15-7-4-8-16-54/h3-44H,1-2H3/b23-21+,24-22+. The molecule has 0 saturated carbocycles. The van der Waals surface area contributed by atoms with Crippen LogP contribution >= 0.6 is 0 Å². The van der Waals surface area contributed by atoms with Gasteiger partial charge in [0.2, 0.25) is 0 Å². The lowest BCUT2D eigenvalue weighted by Gasteiger charge is -2.22. The Morgan fingerprint density at radius 2 is 0.638 bits per heavy atom. The first-order valence-corrected chi connectivity index (χ1v) is 24.0. The van der Waals surface area contributed by atoms with E-state index >= 15 is 0 Å². The average Bonchev–Trinajstić information content (AvgIpc) is 4.00. The quantitative estimate of drug-likeness (QED) is 0.135. The second kappa shape index (κ2) is 16.3. The van der Waals surface area contributed by atoms with E-state index in [1.165, 1.54) is 122 Å². The molecule has 1 aliphatic carbocycles. The summed E-state index contributed by atoms with van der Waals surface area (Å²) in [4.78, 5) is 0. The third-order valence-electron chi connectivity index (χ3n) is 14.5. The summed E-state index contributed by atoms with van der Waals surface area (Å²) in [6, 6.07) is 84.3. The van der Waals surface area contributed by atoms with Gasteiger partial charge >= 0.3 is 0 Å². The van der Waals surface area contributed by atoms with Gasteiger partial charge in [0.1, 0.15) is 0 Å². The van der Waals surface area contributed by atoms with Crippen LogP contribution in [0.4, 0.5) is 0 Å². The first-order valence-electron chi connectivity index (χ1n) is 24.0. The van der Waals surface area contributed by atoms with Crippen LogP contribution in [0.2, 0.25) is 0 Å². The number of nitrogens with zero attached hydrogens (tertiary/aromatic N) is 2. The minimum atomic E-state index is -0.134. The summed E-state index contributed by atoms with van der Waals surface area (Å²) in [7, 11) is 0. The second-order valence-corrected chi connectivity index (χ2v) is 19.0. The van der Waals surface area contributed by atoms with Crippen molar-refractivity contribution in [2.75, 3.05) is 0 Å². The molecule has 12 aromatic rings. The molecular weight excluding hydrogens is 833 g/mol. The van der Waals surface area contributed by atoms with Crippen LogP contribution in [-0.2, 0) is 5.41 Å². The summed E-state index contributed by atoms with van der Waals surface area (Å²) in [6.45, 7) is 4.75. The third kappa shape index (κ3) is 6.95. The molecule has 2 nitrogen and oxygen atoms in total. The van der Waals surface area contributed by atoms with Crippen molar-refractivity contribution in [3.8, 4) is 44.8 Å². The molecule has 0 fully saturated rings.